The van der Waals surface area contributed by atoms with E-state index in [2.05, 4.69) is 4.98 Å². The van der Waals surface area contributed by atoms with Crippen molar-refractivity contribution in [2.24, 2.45) is 5.92 Å². The van der Waals surface area contributed by atoms with Crippen LogP contribution in [0.1, 0.15) is 30.0 Å². The maximum absolute atomic E-state index is 12.6. The number of thiazole rings is 1. The van der Waals surface area contributed by atoms with Crippen molar-refractivity contribution < 1.29 is 14.3 Å². The number of carbonyl (C=O) groups is 2. The number of piperazine rings is 1. The van der Waals surface area contributed by atoms with Crippen molar-refractivity contribution in [1.29, 1.82) is 0 Å². The average Bonchev–Trinajstić information content (AvgIpc) is 3.13. The molecule has 1 aliphatic heterocycles. The van der Waals surface area contributed by atoms with Gasteiger partial charge in [-0.2, -0.15) is 0 Å². The summed E-state index contributed by atoms with van der Waals surface area (Å²) in [7, 11) is 0. The van der Waals surface area contributed by atoms with Crippen molar-refractivity contribution in [1.82, 2.24) is 14.8 Å². The average molecular weight is 434 g/mol. The van der Waals surface area contributed by atoms with Crippen molar-refractivity contribution in [2.75, 3.05) is 26.2 Å². The van der Waals surface area contributed by atoms with E-state index < -0.39 is 0 Å². The van der Waals surface area contributed by atoms with E-state index >= 15 is 0 Å². The zero-order valence-electron chi connectivity index (χ0n) is 16.2. The minimum Gasteiger partial charge on any atom is -0.486 e. The maximum atomic E-state index is 12.6. The number of nitrogens with zero attached hydrogens (tertiary/aromatic N) is 3. The van der Waals surface area contributed by atoms with Gasteiger partial charge in [-0.1, -0.05) is 18.0 Å². The fourth-order valence-corrected chi connectivity index (χ4v) is 4.36. The summed E-state index contributed by atoms with van der Waals surface area (Å²) in [6.07, 6.45) is 3.49. The molecule has 1 aliphatic carbocycles. The standard InChI is InChI=1S/C21H24ClN3O3S/c22-16-4-6-18(7-5-16)28-13-19-23-17(14-29-19)12-20(26)24-8-10-25(11-9-24)21(27)15-2-1-3-15/h4-7,14-15H,1-3,8-13H2. The highest BCUT2D eigenvalue weighted by Crippen LogP contribution is 2.28. The zero-order valence-corrected chi connectivity index (χ0v) is 17.8. The number of rotatable bonds is 6. The highest BCUT2D eigenvalue weighted by atomic mass is 35.5. The fourth-order valence-electron chi connectivity index (χ4n) is 3.53. The van der Waals surface area contributed by atoms with E-state index in [1.165, 1.54) is 11.3 Å². The molecule has 1 aromatic heterocycles. The molecule has 0 bridgehead atoms. The van der Waals surface area contributed by atoms with Crippen LogP contribution < -0.4 is 4.74 Å². The van der Waals surface area contributed by atoms with E-state index in [1.807, 2.05) is 27.3 Å². The highest BCUT2D eigenvalue weighted by Gasteiger charge is 2.32. The van der Waals surface area contributed by atoms with E-state index in [0.29, 0.717) is 37.8 Å². The van der Waals surface area contributed by atoms with Crippen LogP contribution in [0.2, 0.25) is 5.02 Å². The van der Waals surface area contributed by atoms with Gasteiger partial charge in [0.2, 0.25) is 11.8 Å². The van der Waals surface area contributed by atoms with Crippen molar-refractivity contribution in [2.45, 2.75) is 32.3 Å². The molecule has 2 aliphatic rings. The van der Waals surface area contributed by atoms with E-state index in [4.69, 9.17) is 16.3 Å². The Morgan fingerprint density at radius 1 is 1.10 bits per heavy atom. The Labute approximate surface area is 179 Å². The molecule has 1 aromatic carbocycles. The zero-order chi connectivity index (χ0) is 20.2. The van der Waals surface area contributed by atoms with Crippen LogP contribution in [0, 0.1) is 5.92 Å². The third kappa shape index (κ3) is 5.08. The largest absolute Gasteiger partial charge is 0.486 e. The molecule has 0 atom stereocenters. The smallest absolute Gasteiger partial charge is 0.228 e. The van der Waals surface area contributed by atoms with Crippen molar-refractivity contribution >= 4 is 34.8 Å². The lowest BCUT2D eigenvalue weighted by molar-refractivity contribution is -0.143. The summed E-state index contributed by atoms with van der Waals surface area (Å²) in [6, 6.07) is 7.19. The number of ether oxygens (including phenoxy) is 1. The highest BCUT2D eigenvalue weighted by molar-refractivity contribution is 7.09. The summed E-state index contributed by atoms with van der Waals surface area (Å²) in [5.74, 6) is 1.29. The monoisotopic (exact) mass is 433 g/mol. The molecular weight excluding hydrogens is 410 g/mol. The molecule has 0 N–H and O–H groups in total. The lowest BCUT2D eigenvalue weighted by Gasteiger charge is -2.38. The van der Waals surface area contributed by atoms with Gasteiger partial charge in [-0.05, 0) is 37.1 Å². The van der Waals surface area contributed by atoms with Crippen LogP contribution in [0.4, 0.5) is 0 Å². The number of benzene rings is 1. The summed E-state index contributed by atoms with van der Waals surface area (Å²) >= 11 is 7.36. The Bertz CT molecular complexity index is 858. The van der Waals surface area contributed by atoms with E-state index in [-0.39, 0.29) is 24.2 Å². The lowest BCUT2D eigenvalue weighted by Crippen LogP contribution is -2.52. The van der Waals surface area contributed by atoms with Gasteiger partial charge in [0.1, 0.15) is 17.4 Å². The molecule has 6 nitrogen and oxygen atoms in total. The van der Waals surface area contributed by atoms with Gasteiger partial charge in [-0.3, -0.25) is 9.59 Å². The first-order valence-corrected chi connectivity index (χ1v) is 11.2. The Morgan fingerprint density at radius 2 is 1.79 bits per heavy atom. The molecule has 0 spiro atoms. The quantitative estimate of drug-likeness (QED) is 0.700. The Morgan fingerprint density at radius 3 is 2.45 bits per heavy atom. The number of aromatic nitrogens is 1. The Kier molecular flexibility index (Phi) is 6.35. The number of carbonyl (C=O) groups excluding carboxylic acids is 2. The second-order valence-electron chi connectivity index (χ2n) is 7.49. The Balaban J connectivity index is 1.23. The van der Waals surface area contributed by atoms with Gasteiger partial charge >= 0.3 is 0 Å². The fraction of sp³-hybridized carbons (Fsp3) is 0.476. The van der Waals surface area contributed by atoms with Crippen molar-refractivity contribution in [3.05, 3.63) is 45.4 Å². The van der Waals surface area contributed by atoms with Gasteiger partial charge in [-0.25, -0.2) is 4.98 Å². The molecular formula is C21H24ClN3O3S. The molecule has 154 valence electrons. The number of hydrogen-bond donors (Lipinski definition) is 0. The van der Waals surface area contributed by atoms with Crippen molar-refractivity contribution in [3.8, 4) is 5.75 Å². The van der Waals surface area contributed by atoms with E-state index in [1.54, 1.807) is 12.1 Å². The van der Waals surface area contributed by atoms with Gasteiger partial charge in [-0.15, -0.1) is 11.3 Å². The number of halogens is 1. The molecule has 8 heteroatoms. The van der Waals surface area contributed by atoms with Crippen LogP contribution in [-0.4, -0.2) is 52.8 Å². The second kappa shape index (κ2) is 9.13. The molecule has 1 saturated carbocycles. The predicted octanol–water partition coefficient (Wildman–Crippen LogP) is 3.39. The molecule has 0 unspecified atom stereocenters. The summed E-state index contributed by atoms with van der Waals surface area (Å²) in [5, 5.41) is 3.41. The Hall–Kier alpha value is -2.12. The van der Waals surface area contributed by atoms with E-state index in [0.717, 1.165) is 35.7 Å². The van der Waals surface area contributed by atoms with Crippen LogP contribution in [0.15, 0.2) is 29.6 Å². The van der Waals surface area contributed by atoms with Crippen molar-refractivity contribution in [3.63, 3.8) is 0 Å². The summed E-state index contributed by atoms with van der Waals surface area (Å²) in [6.45, 7) is 2.85. The molecule has 4 rings (SSSR count). The van der Waals surface area contributed by atoms with E-state index in [9.17, 15) is 9.59 Å². The maximum Gasteiger partial charge on any atom is 0.228 e. The van der Waals surface area contributed by atoms with Gasteiger partial charge in [0.15, 0.2) is 0 Å². The molecule has 2 heterocycles. The number of hydrogen-bond acceptors (Lipinski definition) is 5. The van der Waals surface area contributed by atoms with Crippen LogP contribution >= 0.6 is 22.9 Å². The van der Waals surface area contributed by atoms with Gasteiger partial charge < -0.3 is 14.5 Å². The van der Waals surface area contributed by atoms with Gasteiger partial charge in [0.25, 0.3) is 0 Å². The summed E-state index contributed by atoms with van der Waals surface area (Å²) in [5.41, 5.74) is 0.766. The number of amides is 2. The topological polar surface area (TPSA) is 62.7 Å². The first-order valence-electron chi connectivity index (χ1n) is 9.97. The molecule has 0 radical (unpaired) electrons. The third-order valence-corrected chi connectivity index (χ3v) is 6.63. The van der Waals surface area contributed by atoms with Gasteiger partial charge in [0.05, 0.1) is 12.1 Å². The molecule has 2 fully saturated rings. The normalized spacial score (nSPS) is 17.1. The molecule has 1 saturated heterocycles. The SMILES string of the molecule is O=C(Cc1csc(COc2ccc(Cl)cc2)n1)N1CCN(C(=O)C2CCC2)CC1. The second-order valence-corrected chi connectivity index (χ2v) is 8.86. The molecule has 29 heavy (non-hydrogen) atoms. The molecule has 2 aromatic rings. The third-order valence-electron chi connectivity index (χ3n) is 5.51. The minimum atomic E-state index is 0.0659. The van der Waals surface area contributed by atoms with Crippen LogP contribution in [-0.2, 0) is 22.6 Å². The first kappa shape index (κ1) is 20.2. The first-order chi connectivity index (χ1) is 14.1. The molecule has 2 amide bonds. The summed E-state index contributed by atoms with van der Waals surface area (Å²) in [4.78, 5) is 33.2. The summed E-state index contributed by atoms with van der Waals surface area (Å²) < 4.78 is 5.71. The van der Waals surface area contributed by atoms with Gasteiger partial charge in [0, 0.05) is 42.5 Å². The van der Waals surface area contributed by atoms with Crippen LogP contribution in [0.3, 0.4) is 0 Å². The van der Waals surface area contributed by atoms with Crippen LogP contribution in [0.25, 0.3) is 0 Å². The lowest BCUT2D eigenvalue weighted by atomic mass is 9.84. The predicted molar refractivity (Wildman–Crippen MR) is 112 cm³/mol. The minimum absolute atomic E-state index is 0.0659. The van der Waals surface area contributed by atoms with Crippen LogP contribution in [0.5, 0.6) is 5.75 Å².